The third-order valence-corrected chi connectivity index (χ3v) is 3.32. The van der Waals surface area contributed by atoms with Crippen molar-refractivity contribution in [2.75, 3.05) is 6.54 Å². The molecular weight excluding hydrogens is 334 g/mol. The number of carbonyl (C=O) groups is 1. The molecule has 1 aromatic heterocycles. The fourth-order valence-electron chi connectivity index (χ4n) is 1.54. The third-order valence-electron chi connectivity index (χ3n) is 2.50. The van der Waals surface area contributed by atoms with Gasteiger partial charge in [-0.3, -0.25) is 4.79 Å². The SMILES string of the molecule is O=C(NCC(O)c1ccco1)c1cc(Br)ccc1Cl. The van der Waals surface area contributed by atoms with Crippen LogP contribution in [0.2, 0.25) is 5.02 Å². The Morgan fingerprint density at radius 1 is 1.47 bits per heavy atom. The number of benzene rings is 1. The van der Waals surface area contributed by atoms with Crippen molar-refractivity contribution in [3.05, 3.63) is 57.4 Å². The molecule has 6 heteroatoms. The van der Waals surface area contributed by atoms with Gasteiger partial charge in [0.25, 0.3) is 5.91 Å². The van der Waals surface area contributed by atoms with Gasteiger partial charge >= 0.3 is 0 Å². The van der Waals surface area contributed by atoms with Crippen molar-refractivity contribution < 1.29 is 14.3 Å². The van der Waals surface area contributed by atoms with Crippen LogP contribution in [0.3, 0.4) is 0 Å². The maximum absolute atomic E-state index is 11.9. The molecule has 2 N–H and O–H groups in total. The smallest absolute Gasteiger partial charge is 0.252 e. The van der Waals surface area contributed by atoms with Gasteiger partial charge < -0.3 is 14.8 Å². The first kappa shape index (κ1) is 14.1. The van der Waals surface area contributed by atoms with E-state index in [9.17, 15) is 9.90 Å². The minimum atomic E-state index is -0.884. The first-order chi connectivity index (χ1) is 9.08. The molecule has 1 aromatic carbocycles. The molecule has 2 aromatic rings. The number of hydrogen-bond acceptors (Lipinski definition) is 3. The molecule has 4 nitrogen and oxygen atoms in total. The maximum atomic E-state index is 11.9. The number of rotatable bonds is 4. The Kier molecular flexibility index (Phi) is 4.63. The van der Waals surface area contributed by atoms with Crippen LogP contribution in [0.4, 0.5) is 0 Å². The van der Waals surface area contributed by atoms with E-state index in [1.165, 1.54) is 6.26 Å². The number of carbonyl (C=O) groups excluding carboxylic acids is 1. The number of furan rings is 1. The van der Waals surface area contributed by atoms with E-state index in [-0.39, 0.29) is 12.5 Å². The topological polar surface area (TPSA) is 62.5 Å². The lowest BCUT2D eigenvalue weighted by atomic mass is 10.2. The Morgan fingerprint density at radius 3 is 2.95 bits per heavy atom. The molecule has 0 aliphatic heterocycles. The zero-order chi connectivity index (χ0) is 13.8. The highest BCUT2D eigenvalue weighted by molar-refractivity contribution is 9.10. The Morgan fingerprint density at radius 2 is 2.26 bits per heavy atom. The number of amides is 1. The van der Waals surface area contributed by atoms with Crippen LogP contribution in [-0.4, -0.2) is 17.6 Å². The van der Waals surface area contributed by atoms with Gasteiger partial charge in [0.15, 0.2) is 0 Å². The summed E-state index contributed by atoms with van der Waals surface area (Å²) in [6.45, 7) is 0.0508. The van der Waals surface area contributed by atoms with Crippen LogP contribution in [0, 0.1) is 0 Å². The molecule has 0 fully saturated rings. The van der Waals surface area contributed by atoms with Crippen molar-refractivity contribution in [1.29, 1.82) is 0 Å². The van der Waals surface area contributed by atoms with Crippen LogP contribution >= 0.6 is 27.5 Å². The number of aliphatic hydroxyl groups excluding tert-OH is 1. The van der Waals surface area contributed by atoms with Crippen LogP contribution < -0.4 is 5.32 Å². The van der Waals surface area contributed by atoms with Gasteiger partial charge in [0.1, 0.15) is 11.9 Å². The second-order valence-corrected chi connectivity index (χ2v) is 5.19. The highest BCUT2D eigenvalue weighted by Crippen LogP contribution is 2.21. The highest BCUT2D eigenvalue weighted by Gasteiger charge is 2.15. The normalized spacial score (nSPS) is 12.2. The first-order valence-corrected chi connectivity index (χ1v) is 6.69. The van der Waals surface area contributed by atoms with E-state index >= 15 is 0 Å². The van der Waals surface area contributed by atoms with Crippen molar-refractivity contribution in [3.63, 3.8) is 0 Å². The Labute approximate surface area is 123 Å². The van der Waals surface area contributed by atoms with E-state index in [4.69, 9.17) is 16.0 Å². The summed E-state index contributed by atoms with van der Waals surface area (Å²) < 4.78 is 5.80. The molecule has 1 atom stereocenters. The largest absolute Gasteiger partial charge is 0.467 e. The van der Waals surface area contributed by atoms with Crippen molar-refractivity contribution in [2.45, 2.75) is 6.10 Å². The Hall–Kier alpha value is -1.30. The molecular formula is C13H11BrClNO3. The lowest BCUT2D eigenvalue weighted by Gasteiger charge is -2.10. The summed E-state index contributed by atoms with van der Waals surface area (Å²) in [5.74, 6) is 0.0533. The molecule has 0 saturated heterocycles. The zero-order valence-electron chi connectivity index (χ0n) is 9.77. The minimum Gasteiger partial charge on any atom is -0.467 e. The van der Waals surface area contributed by atoms with E-state index in [0.717, 1.165) is 4.47 Å². The summed E-state index contributed by atoms with van der Waals surface area (Å²) in [5.41, 5.74) is 0.350. The molecule has 19 heavy (non-hydrogen) atoms. The molecule has 100 valence electrons. The van der Waals surface area contributed by atoms with Crippen LogP contribution in [0.5, 0.6) is 0 Å². The van der Waals surface area contributed by atoms with Crippen LogP contribution in [0.25, 0.3) is 0 Å². The molecule has 1 unspecified atom stereocenters. The number of hydrogen-bond donors (Lipinski definition) is 2. The quantitative estimate of drug-likeness (QED) is 0.895. The van der Waals surface area contributed by atoms with Gasteiger partial charge in [0.2, 0.25) is 0 Å². The molecule has 0 radical (unpaired) electrons. The second kappa shape index (κ2) is 6.23. The molecule has 0 spiro atoms. The van der Waals surface area contributed by atoms with Gasteiger partial charge in [-0.2, -0.15) is 0 Å². The summed E-state index contributed by atoms with van der Waals surface area (Å²) in [6, 6.07) is 8.31. The second-order valence-electron chi connectivity index (χ2n) is 3.87. The molecule has 0 aliphatic rings. The fourth-order valence-corrected chi connectivity index (χ4v) is 2.10. The average Bonchev–Trinajstić information content (AvgIpc) is 2.92. The first-order valence-electron chi connectivity index (χ1n) is 5.52. The van der Waals surface area contributed by atoms with Gasteiger partial charge in [-0.25, -0.2) is 0 Å². The van der Waals surface area contributed by atoms with Crippen molar-refractivity contribution in [1.82, 2.24) is 5.32 Å². The van der Waals surface area contributed by atoms with E-state index in [2.05, 4.69) is 21.2 Å². The van der Waals surface area contributed by atoms with Gasteiger partial charge in [-0.15, -0.1) is 0 Å². The van der Waals surface area contributed by atoms with Gasteiger partial charge in [0.05, 0.1) is 23.4 Å². The summed E-state index contributed by atoms with van der Waals surface area (Å²) in [4.78, 5) is 11.9. The van der Waals surface area contributed by atoms with Crippen molar-refractivity contribution in [3.8, 4) is 0 Å². The van der Waals surface area contributed by atoms with Crippen LogP contribution in [0.1, 0.15) is 22.2 Å². The monoisotopic (exact) mass is 343 g/mol. The maximum Gasteiger partial charge on any atom is 0.252 e. The van der Waals surface area contributed by atoms with Gasteiger partial charge in [0, 0.05) is 4.47 Å². The molecule has 0 saturated carbocycles. The number of nitrogens with one attached hydrogen (secondary N) is 1. The van der Waals surface area contributed by atoms with E-state index in [0.29, 0.717) is 16.3 Å². The number of aliphatic hydroxyl groups is 1. The van der Waals surface area contributed by atoms with Gasteiger partial charge in [-0.1, -0.05) is 27.5 Å². The predicted molar refractivity (Wildman–Crippen MR) is 75.2 cm³/mol. The molecule has 1 heterocycles. The molecule has 1 amide bonds. The van der Waals surface area contributed by atoms with Crippen molar-refractivity contribution >= 4 is 33.4 Å². The summed E-state index contributed by atoms with van der Waals surface area (Å²) in [6.07, 6.45) is 0.579. The van der Waals surface area contributed by atoms with E-state index in [1.807, 2.05) is 0 Å². The lowest BCUT2D eigenvalue weighted by Crippen LogP contribution is -2.28. The van der Waals surface area contributed by atoms with Crippen molar-refractivity contribution in [2.24, 2.45) is 0 Å². The average molecular weight is 345 g/mol. The van der Waals surface area contributed by atoms with Crippen LogP contribution in [-0.2, 0) is 0 Å². The minimum absolute atomic E-state index is 0.0508. The molecule has 0 aliphatic carbocycles. The Balaban J connectivity index is 2.00. The van der Waals surface area contributed by atoms with Crippen LogP contribution in [0.15, 0.2) is 45.5 Å². The Bertz CT molecular complexity index is 571. The summed E-state index contributed by atoms with van der Waals surface area (Å²) in [5, 5.41) is 12.7. The zero-order valence-corrected chi connectivity index (χ0v) is 12.1. The lowest BCUT2D eigenvalue weighted by molar-refractivity contribution is 0.0901. The van der Waals surface area contributed by atoms with E-state index in [1.54, 1.807) is 30.3 Å². The standard InChI is InChI=1S/C13H11BrClNO3/c14-8-3-4-10(15)9(6-8)13(18)16-7-11(17)12-2-1-5-19-12/h1-6,11,17H,7H2,(H,16,18). The fraction of sp³-hybridized carbons (Fsp3) is 0.154. The van der Waals surface area contributed by atoms with Gasteiger partial charge in [-0.05, 0) is 30.3 Å². The number of halogens is 2. The highest BCUT2D eigenvalue weighted by atomic mass is 79.9. The van der Waals surface area contributed by atoms with E-state index < -0.39 is 6.10 Å². The summed E-state index contributed by atoms with van der Waals surface area (Å²) in [7, 11) is 0. The molecule has 2 rings (SSSR count). The summed E-state index contributed by atoms with van der Waals surface area (Å²) >= 11 is 9.22. The third kappa shape index (κ3) is 3.59. The molecule has 0 bridgehead atoms. The predicted octanol–water partition coefficient (Wildman–Crippen LogP) is 3.16.